The molecule has 0 radical (unpaired) electrons. The number of imide groups is 1. The number of benzene rings is 4. The van der Waals surface area contributed by atoms with E-state index >= 15 is 0 Å². The first-order valence-corrected chi connectivity index (χ1v) is 14.6. The SMILES string of the molecule is O=C(N/N=C\C12c3ccccc3C(c3ccccc31)[C@H]1C(=O)N(c3ccc(Cl)cc3[N+](=O)[O-])C(=O)[C@@H]12)c1ccc(Cl)cc1Cl. The highest BCUT2D eigenvalue weighted by molar-refractivity contribution is 6.36. The second kappa shape index (κ2) is 10.3. The van der Waals surface area contributed by atoms with Crippen molar-refractivity contribution in [3.05, 3.63) is 138 Å². The molecule has 44 heavy (non-hydrogen) atoms. The highest BCUT2D eigenvalue weighted by Gasteiger charge is 2.68. The molecule has 2 bridgehead atoms. The van der Waals surface area contributed by atoms with Gasteiger partial charge < -0.3 is 0 Å². The van der Waals surface area contributed by atoms with Gasteiger partial charge in [0.15, 0.2) is 0 Å². The quantitative estimate of drug-likeness (QED) is 0.115. The smallest absolute Gasteiger partial charge is 0.274 e. The number of halogens is 3. The lowest BCUT2D eigenvalue weighted by Crippen LogP contribution is -2.54. The number of hydrogen-bond acceptors (Lipinski definition) is 6. The predicted molar refractivity (Wildman–Crippen MR) is 166 cm³/mol. The Labute approximate surface area is 265 Å². The molecule has 4 aromatic carbocycles. The fourth-order valence-electron chi connectivity index (χ4n) is 7.05. The Balaban J connectivity index is 1.41. The maximum atomic E-state index is 14.5. The number of carbonyl (C=O) groups is 3. The Bertz CT molecular complexity index is 1930. The molecule has 4 aliphatic rings. The lowest BCUT2D eigenvalue weighted by Gasteiger charge is -2.52. The Morgan fingerprint density at radius 3 is 2.14 bits per heavy atom. The van der Waals surface area contributed by atoms with Gasteiger partial charge in [0.25, 0.3) is 11.6 Å². The zero-order valence-corrected chi connectivity index (χ0v) is 24.7. The molecule has 1 heterocycles. The van der Waals surface area contributed by atoms with Crippen LogP contribution < -0.4 is 10.3 Å². The summed E-state index contributed by atoms with van der Waals surface area (Å²) in [7, 11) is 0. The van der Waals surface area contributed by atoms with E-state index < -0.39 is 51.5 Å². The maximum Gasteiger partial charge on any atom is 0.294 e. The van der Waals surface area contributed by atoms with Crippen LogP contribution in [0.4, 0.5) is 11.4 Å². The van der Waals surface area contributed by atoms with E-state index in [1.165, 1.54) is 36.5 Å². The zero-order valence-electron chi connectivity index (χ0n) is 22.4. The molecule has 2 atom stereocenters. The average molecular weight is 646 g/mol. The van der Waals surface area contributed by atoms with Crippen molar-refractivity contribution in [2.24, 2.45) is 16.9 Å². The fraction of sp³-hybridized carbons (Fsp3) is 0.125. The molecule has 12 heteroatoms. The van der Waals surface area contributed by atoms with Crippen LogP contribution in [0.1, 0.15) is 38.5 Å². The molecule has 1 saturated heterocycles. The van der Waals surface area contributed by atoms with E-state index in [0.717, 1.165) is 33.2 Å². The summed E-state index contributed by atoms with van der Waals surface area (Å²) in [6.07, 6.45) is 1.49. The van der Waals surface area contributed by atoms with Gasteiger partial charge in [0.05, 0.1) is 32.8 Å². The van der Waals surface area contributed by atoms with Crippen LogP contribution >= 0.6 is 34.8 Å². The van der Waals surface area contributed by atoms with Crippen LogP contribution in [0, 0.1) is 22.0 Å². The third-order valence-electron chi connectivity index (χ3n) is 8.67. The summed E-state index contributed by atoms with van der Waals surface area (Å²) in [5.41, 5.74) is 3.90. The van der Waals surface area contributed by atoms with E-state index in [1.807, 2.05) is 48.5 Å². The Morgan fingerprint density at radius 2 is 1.50 bits per heavy atom. The number of nitrogens with zero attached hydrogens (tertiary/aromatic N) is 3. The van der Waals surface area contributed by atoms with Crippen LogP contribution in [-0.4, -0.2) is 28.9 Å². The second-order valence-corrected chi connectivity index (χ2v) is 12.0. The molecular formula is C32H19Cl3N4O5. The fourth-order valence-corrected chi connectivity index (χ4v) is 7.71. The van der Waals surface area contributed by atoms with Gasteiger partial charge in [-0.05, 0) is 52.6 Å². The third-order valence-corrected chi connectivity index (χ3v) is 9.45. The van der Waals surface area contributed by atoms with Gasteiger partial charge in [-0.3, -0.25) is 24.5 Å². The highest BCUT2D eigenvalue weighted by Crippen LogP contribution is 2.64. The molecule has 1 fully saturated rings. The molecule has 218 valence electrons. The van der Waals surface area contributed by atoms with Crippen molar-refractivity contribution in [3.8, 4) is 0 Å². The number of nitro groups is 1. The van der Waals surface area contributed by atoms with Gasteiger partial charge >= 0.3 is 0 Å². The molecule has 1 N–H and O–H groups in total. The number of rotatable bonds is 5. The number of amides is 3. The first-order chi connectivity index (χ1) is 21.1. The van der Waals surface area contributed by atoms with E-state index in [4.69, 9.17) is 34.8 Å². The van der Waals surface area contributed by atoms with E-state index in [2.05, 4.69) is 10.5 Å². The van der Waals surface area contributed by atoms with Crippen LogP contribution in [0.25, 0.3) is 0 Å². The molecule has 3 aliphatic carbocycles. The first kappa shape index (κ1) is 28.2. The van der Waals surface area contributed by atoms with Crippen LogP contribution in [0.15, 0.2) is 90.0 Å². The number of anilines is 1. The summed E-state index contributed by atoms with van der Waals surface area (Å²) in [5.74, 6) is -4.17. The standard InChI is InChI=1S/C32H19Cl3N4O5/c33-16-9-11-20(23(35)13-16)29(40)37-36-15-32-21-7-3-1-5-18(21)26(19-6-2-4-8-22(19)32)27-28(32)31(42)38(30(27)41)24-12-10-17(34)14-25(24)39(43)44/h1-15,26-28H,(H,37,40)/b36-15-/t26?,27-,28-,32?/m1/s1. The molecule has 1 aliphatic heterocycles. The van der Waals surface area contributed by atoms with Crippen molar-refractivity contribution in [3.63, 3.8) is 0 Å². The number of carbonyl (C=O) groups excluding carboxylic acids is 3. The van der Waals surface area contributed by atoms with E-state index in [0.29, 0.717) is 5.02 Å². The minimum absolute atomic E-state index is 0.0944. The molecule has 3 amide bonds. The summed E-state index contributed by atoms with van der Waals surface area (Å²) in [4.78, 5) is 54.1. The van der Waals surface area contributed by atoms with Gasteiger partial charge in [0, 0.05) is 28.2 Å². The summed E-state index contributed by atoms with van der Waals surface area (Å²) in [6.45, 7) is 0. The van der Waals surface area contributed by atoms with Crippen molar-refractivity contribution in [2.75, 3.05) is 4.90 Å². The highest BCUT2D eigenvalue weighted by atomic mass is 35.5. The van der Waals surface area contributed by atoms with Crippen LogP contribution in [-0.2, 0) is 15.0 Å². The van der Waals surface area contributed by atoms with Gasteiger partial charge in [-0.25, -0.2) is 10.3 Å². The van der Waals surface area contributed by atoms with E-state index in [9.17, 15) is 24.5 Å². The molecule has 0 aromatic heterocycles. The number of nitro benzene ring substituents is 1. The maximum absolute atomic E-state index is 14.5. The first-order valence-electron chi connectivity index (χ1n) is 13.5. The Hall–Kier alpha value is -4.57. The minimum atomic E-state index is -1.30. The van der Waals surface area contributed by atoms with Crippen molar-refractivity contribution in [1.82, 2.24) is 5.43 Å². The lowest BCUT2D eigenvalue weighted by atomic mass is 9.47. The Morgan fingerprint density at radius 1 is 0.886 bits per heavy atom. The molecule has 0 saturated carbocycles. The largest absolute Gasteiger partial charge is 0.294 e. The summed E-state index contributed by atoms with van der Waals surface area (Å²) < 4.78 is 0. The van der Waals surface area contributed by atoms with Crippen molar-refractivity contribution in [2.45, 2.75) is 11.3 Å². The Kier molecular flexibility index (Phi) is 6.58. The molecule has 0 unspecified atom stereocenters. The topological polar surface area (TPSA) is 122 Å². The van der Waals surface area contributed by atoms with Gasteiger partial charge in [-0.1, -0.05) is 83.3 Å². The molecule has 9 nitrogen and oxygen atoms in total. The average Bonchev–Trinajstić information content (AvgIpc) is 3.27. The van der Waals surface area contributed by atoms with Crippen LogP contribution in [0.3, 0.4) is 0 Å². The summed E-state index contributed by atoms with van der Waals surface area (Å²) >= 11 is 18.3. The summed E-state index contributed by atoms with van der Waals surface area (Å²) in [6, 6.07) is 23.2. The van der Waals surface area contributed by atoms with Gasteiger partial charge in [-0.2, -0.15) is 5.10 Å². The second-order valence-electron chi connectivity index (χ2n) is 10.7. The van der Waals surface area contributed by atoms with Gasteiger partial charge in [-0.15, -0.1) is 0 Å². The monoisotopic (exact) mass is 644 g/mol. The normalized spacial score (nSPS) is 23.0. The van der Waals surface area contributed by atoms with Crippen molar-refractivity contribution >= 4 is 70.1 Å². The molecular weight excluding hydrogens is 627 g/mol. The van der Waals surface area contributed by atoms with Crippen molar-refractivity contribution < 1.29 is 19.3 Å². The molecule has 8 rings (SSSR count). The molecule has 0 spiro atoms. The minimum Gasteiger partial charge on any atom is -0.274 e. The number of nitrogens with one attached hydrogen (secondary N) is 1. The number of hydrazone groups is 1. The number of hydrogen-bond donors (Lipinski definition) is 1. The third kappa shape index (κ3) is 3.93. The van der Waals surface area contributed by atoms with Crippen molar-refractivity contribution in [1.29, 1.82) is 0 Å². The van der Waals surface area contributed by atoms with Gasteiger partial charge in [0.1, 0.15) is 5.69 Å². The van der Waals surface area contributed by atoms with E-state index in [-0.39, 0.29) is 21.3 Å². The van der Waals surface area contributed by atoms with E-state index in [1.54, 1.807) is 0 Å². The zero-order chi connectivity index (χ0) is 30.9. The molecule has 4 aromatic rings. The predicted octanol–water partition coefficient (Wildman–Crippen LogP) is 6.52. The summed E-state index contributed by atoms with van der Waals surface area (Å²) in [5, 5.41) is 16.9. The van der Waals surface area contributed by atoms with Crippen LogP contribution in [0.5, 0.6) is 0 Å². The van der Waals surface area contributed by atoms with Gasteiger partial charge in [0.2, 0.25) is 11.8 Å². The van der Waals surface area contributed by atoms with Crippen LogP contribution in [0.2, 0.25) is 15.1 Å². The lowest BCUT2D eigenvalue weighted by molar-refractivity contribution is -0.384.